The molecule has 50 heavy (non-hydrogen) atoms. The van der Waals surface area contributed by atoms with Crippen molar-refractivity contribution in [3.05, 3.63) is 53.6 Å². The van der Waals surface area contributed by atoms with Crippen molar-refractivity contribution < 1.29 is 32.0 Å². The Morgan fingerprint density at radius 3 is 1.18 bits per heavy atom. The molecule has 0 aromatic heterocycles. The van der Waals surface area contributed by atoms with Crippen molar-refractivity contribution in [2.75, 3.05) is 13.2 Å². The van der Waals surface area contributed by atoms with Gasteiger partial charge in [-0.3, -0.25) is 4.55 Å². The molecule has 7 nitrogen and oxygen atoms in total. The number of ether oxygens (including phenoxy) is 2. The molecule has 0 saturated heterocycles. The Hall–Kier alpha value is -2.45. The van der Waals surface area contributed by atoms with Crippen LogP contribution < -0.4 is 0 Å². The first-order valence-electron chi connectivity index (χ1n) is 20.0. The summed E-state index contributed by atoms with van der Waals surface area (Å²) in [5.74, 6) is -1.50. The second kappa shape index (κ2) is 31.3. The maximum Gasteiger partial charge on any atom is 0.339 e. The average molecular weight is 719 g/mol. The highest BCUT2D eigenvalue weighted by Crippen LogP contribution is 2.20. The summed E-state index contributed by atoms with van der Waals surface area (Å²) in [4.78, 5) is 25.3. The molecular formula is C42H70O7S. The molecule has 0 unspecified atom stereocenters. The molecule has 1 aromatic carbocycles. The van der Waals surface area contributed by atoms with Crippen molar-refractivity contribution in [2.24, 2.45) is 0 Å². The third kappa shape index (κ3) is 24.7. The van der Waals surface area contributed by atoms with Gasteiger partial charge in [0.2, 0.25) is 0 Å². The van der Waals surface area contributed by atoms with Crippen LogP contribution in [0.3, 0.4) is 0 Å². The third-order valence-corrected chi connectivity index (χ3v) is 10.0. The number of unbranched alkanes of at least 4 members (excludes halogenated alkanes) is 24. The lowest BCUT2D eigenvalue weighted by Crippen LogP contribution is -2.16. The van der Waals surface area contributed by atoms with Crippen molar-refractivity contribution in [3.63, 3.8) is 0 Å². The third-order valence-electron chi connectivity index (χ3n) is 9.20. The van der Waals surface area contributed by atoms with Crippen molar-refractivity contribution in [2.45, 2.75) is 186 Å². The van der Waals surface area contributed by atoms with Crippen LogP contribution in [0.4, 0.5) is 0 Å². The molecule has 0 radical (unpaired) electrons. The van der Waals surface area contributed by atoms with Gasteiger partial charge in [0, 0.05) is 0 Å². The first-order valence-corrected chi connectivity index (χ1v) is 21.4. The average Bonchev–Trinajstić information content (AvgIpc) is 3.10. The van der Waals surface area contributed by atoms with Gasteiger partial charge in [-0.05, 0) is 70.6 Å². The number of benzene rings is 1. The Balaban J connectivity index is 2.25. The predicted molar refractivity (Wildman–Crippen MR) is 206 cm³/mol. The van der Waals surface area contributed by atoms with Crippen LogP contribution in [0.25, 0.3) is 0 Å². The Labute approximate surface area is 305 Å². The van der Waals surface area contributed by atoms with Crippen LogP contribution in [-0.4, -0.2) is 38.1 Å². The van der Waals surface area contributed by atoms with Gasteiger partial charge in [0.25, 0.3) is 10.1 Å². The molecule has 0 fully saturated rings. The van der Waals surface area contributed by atoms with Crippen LogP contribution in [0.1, 0.15) is 202 Å². The predicted octanol–water partition coefficient (Wildman–Crippen LogP) is 12.5. The van der Waals surface area contributed by atoms with Crippen LogP contribution in [0.2, 0.25) is 0 Å². The Morgan fingerprint density at radius 1 is 0.520 bits per heavy atom. The fraction of sp³-hybridized carbons (Fsp3) is 0.714. The molecule has 1 aromatic rings. The second-order valence-electron chi connectivity index (χ2n) is 13.7. The van der Waals surface area contributed by atoms with Gasteiger partial charge >= 0.3 is 11.9 Å². The van der Waals surface area contributed by atoms with E-state index in [1.54, 1.807) is 0 Å². The number of hydrogen-bond acceptors (Lipinski definition) is 6. The maximum absolute atomic E-state index is 12.9. The van der Waals surface area contributed by atoms with E-state index in [4.69, 9.17) is 9.47 Å². The fourth-order valence-electron chi connectivity index (χ4n) is 6.11. The summed E-state index contributed by atoms with van der Waals surface area (Å²) >= 11 is 0. The highest BCUT2D eigenvalue weighted by molar-refractivity contribution is 7.85. The molecule has 1 rings (SSSR count). The van der Waals surface area contributed by atoms with Gasteiger partial charge in [-0.25, -0.2) is 9.59 Å². The summed E-state index contributed by atoms with van der Waals surface area (Å²) in [6.45, 7) is 4.54. The van der Waals surface area contributed by atoms with Gasteiger partial charge < -0.3 is 9.47 Å². The monoisotopic (exact) mass is 718 g/mol. The lowest BCUT2D eigenvalue weighted by Gasteiger charge is -2.11. The normalized spacial score (nSPS) is 11.9. The quantitative estimate of drug-likeness (QED) is 0.0333. The van der Waals surface area contributed by atoms with E-state index >= 15 is 0 Å². The number of allylic oxidation sites excluding steroid dienone is 4. The SMILES string of the molecule is C/C=C/CCCCCCCCCCCCCCOC(=O)c1ccc(S(=O)(=O)O)cc1C(=O)OCCCCCCCCCCCCCC/C=C/C. The minimum atomic E-state index is -4.56. The summed E-state index contributed by atoms with van der Waals surface area (Å²) < 4.78 is 43.8. The largest absolute Gasteiger partial charge is 0.462 e. The minimum Gasteiger partial charge on any atom is -0.462 e. The van der Waals surface area contributed by atoms with Crippen molar-refractivity contribution in [1.82, 2.24) is 0 Å². The topological polar surface area (TPSA) is 107 Å². The molecule has 0 aliphatic heterocycles. The molecule has 0 spiro atoms. The number of esters is 2. The van der Waals surface area contributed by atoms with Gasteiger partial charge in [0.1, 0.15) is 0 Å². The molecule has 0 atom stereocenters. The van der Waals surface area contributed by atoms with Crippen LogP contribution in [0, 0.1) is 0 Å². The first kappa shape index (κ1) is 45.6. The summed E-state index contributed by atoms with van der Waals surface area (Å²) in [5.41, 5.74) is -0.273. The number of hydrogen-bond donors (Lipinski definition) is 1. The van der Waals surface area contributed by atoms with Crippen LogP contribution in [-0.2, 0) is 19.6 Å². The van der Waals surface area contributed by atoms with E-state index in [1.807, 2.05) is 0 Å². The van der Waals surface area contributed by atoms with Crippen molar-refractivity contribution >= 4 is 22.1 Å². The summed E-state index contributed by atoms with van der Waals surface area (Å²) in [6.07, 6.45) is 39.7. The summed E-state index contributed by atoms with van der Waals surface area (Å²) in [6, 6.07) is 3.29. The molecule has 0 bridgehead atoms. The van der Waals surface area contributed by atoms with Crippen LogP contribution >= 0.6 is 0 Å². The Morgan fingerprint density at radius 2 is 0.840 bits per heavy atom. The van der Waals surface area contributed by atoms with E-state index in [9.17, 15) is 22.6 Å². The fourth-order valence-corrected chi connectivity index (χ4v) is 6.62. The van der Waals surface area contributed by atoms with E-state index in [0.29, 0.717) is 6.42 Å². The summed E-state index contributed by atoms with van der Waals surface area (Å²) in [7, 11) is -4.56. The van der Waals surface area contributed by atoms with Crippen molar-refractivity contribution in [3.8, 4) is 0 Å². The van der Waals surface area contributed by atoms with E-state index in [0.717, 1.165) is 50.7 Å². The standard InChI is InChI=1S/C42H70O7S/c1-3-5-7-9-11-13-15-17-19-21-23-25-27-29-31-35-48-41(43)39-34-33-38(50(45,46)47)37-40(39)42(44)49-36-32-30-28-26-24-22-20-18-16-14-12-10-8-6-4-2/h3-6,33-34,37H,7-32,35-36H2,1-2H3,(H,45,46,47)/b5-3+,6-4+. The lowest BCUT2D eigenvalue weighted by atomic mass is 10.0. The Kier molecular flexibility index (Phi) is 28.5. The van der Waals surface area contributed by atoms with Gasteiger partial charge in [-0.1, -0.05) is 153 Å². The van der Waals surface area contributed by atoms with Crippen molar-refractivity contribution in [1.29, 1.82) is 0 Å². The zero-order chi connectivity index (χ0) is 36.5. The van der Waals surface area contributed by atoms with E-state index < -0.39 is 27.0 Å². The Bertz CT molecular complexity index is 1170. The van der Waals surface area contributed by atoms with E-state index in [2.05, 4.69) is 38.2 Å². The highest BCUT2D eigenvalue weighted by Gasteiger charge is 2.23. The zero-order valence-corrected chi connectivity index (χ0v) is 32.5. The van der Waals surface area contributed by atoms with E-state index in [1.165, 1.54) is 128 Å². The number of carbonyl (C=O) groups is 2. The maximum atomic E-state index is 12.9. The van der Waals surface area contributed by atoms with Gasteiger partial charge in [-0.2, -0.15) is 8.42 Å². The second-order valence-corrected chi connectivity index (χ2v) is 15.1. The molecule has 8 heteroatoms. The molecule has 0 heterocycles. The molecule has 1 N–H and O–H groups in total. The van der Waals surface area contributed by atoms with Gasteiger partial charge in [0.15, 0.2) is 0 Å². The van der Waals surface area contributed by atoms with Crippen LogP contribution in [0.15, 0.2) is 47.4 Å². The summed E-state index contributed by atoms with van der Waals surface area (Å²) in [5, 5.41) is 0. The molecule has 286 valence electrons. The lowest BCUT2D eigenvalue weighted by molar-refractivity contribution is 0.0450. The molecule has 0 amide bonds. The molecule has 0 aliphatic rings. The first-order chi connectivity index (χ1) is 24.3. The minimum absolute atomic E-state index is 0.0613. The molecule has 0 saturated carbocycles. The number of rotatable bonds is 33. The van der Waals surface area contributed by atoms with Crippen LogP contribution in [0.5, 0.6) is 0 Å². The van der Waals surface area contributed by atoms with E-state index in [-0.39, 0.29) is 24.3 Å². The highest BCUT2D eigenvalue weighted by atomic mass is 32.2. The number of carbonyl (C=O) groups excluding carboxylic acids is 2. The zero-order valence-electron chi connectivity index (χ0n) is 31.6. The molecular weight excluding hydrogens is 649 g/mol. The van der Waals surface area contributed by atoms with Gasteiger partial charge in [0.05, 0.1) is 29.2 Å². The smallest absolute Gasteiger partial charge is 0.339 e. The molecule has 0 aliphatic carbocycles. The van der Waals surface area contributed by atoms with Gasteiger partial charge in [-0.15, -0.1) is 0 Å².